The molecule has 1 aliphatic heterocycles. The van der Waals surface area contributed by atoms with Crippen molar-refractivity contribution in [3.8, 4) is 0 Å². The first-order chi connectivity index (χ1) is 9.25. The number of hydrogen-bond acceptors (Lipinski definition) is 4. The standard InChI is InChI=1S/C15H20N2O2/c1-13(17-11-9-16-10-12-17)19-15(18)8-7-14-5-3-2-4-6-14/h2-8,13,16H,9-12H2,1H3/b8-7+. The van der Waals surface area contributed by atoms with Gasteiger partial charge in [0, 0.05) is 32.3 Å². The lowest BCUT2D eigenvalue weighted by atomic mass is 10.2. The molecule has 1 aliphatic rings. The lowest BCUT2D eigenvalue weighted by Crippen LogP contribution is -2.48. The number of rotatable bonds is 4. The SMILES string of the molecule is CC(OC(=O)/C=C/c1ccccc1)N1CCNCC1. The van der Waals surface area contributed by atoms with Crippen LogP contribution in [0.1, 0.15) is 12.5 Å². The van der Waals surface area contributed by atoms with Gasteiger partial charge in [-0.05, 0) is 18.6 Å². The Morgan fingerprint density at radius 2 is 2.00 bits per heavy atom. The molecule has 1 saturated heterocycles. The number of carbonyl (C=O) groups excluding carboxylic acids is 1. The summed E-state index contributed by atoms with van der Waals surface area (Å²) in [6, 6.07) is 9.72. The van der Waals surface area contributed by atoms with Crippen molar-refractivity contribution < 1.29 is 9.53 Å². The van der Waals surface area contributed by atoms with E-state index >= 15 is 0 Å². The van der Waals surface area contributed by atoms with E-state index in [1.165, 1.54) is 6.08 Å². The van der Waals surface area contributed by atoms with E-state index in [9.17, 15) is 4.79 Å². The summed E-state index contributed by atoms with van der Waals surface area (Å²) in [5, 5.41) is 3.27. The van der Waals surface area contributed by atoms with Gasteiger partial charge >= 0.3 is 5.97 Å². The number of ether oxygens (including phenoxy) is 1. The maximum Gasteiger partial charge on any atom is 0.332 e. The quantitative estimate of drug-likeness (QED) is 0.658. The summed E-state index contributed by atoms with van der Waals surface area (Å²) in [5.41, 5.74) is 0.995. The maximum absolute atomic E-state index is 11.7. The number of carbonyl (C=O) groups is 1. The van der Waals surface area contributed by atoms with Crippen LogP contribution in [0.15, 0.2) is 36.4 Å². The molecule has 4 heteroatoms. The number of nitrogens with one attached hydrogen (secondary N) is 1. The monoisotopic (exact) mass is 260 g/mol. The minimum Gasteiger partial charge on any atom is -0.443 e. The second-order valence-corrected chi connectivity index (χ2v) is 4.57. The summed E-state index contributed by atoms with van der Waals surface area (Å²) in [6.45, 7) is 5.64. The van der Waals surface area contributed by atoms with Gasteiger partial charge in [-0.2, -0.15) is 0 Å². The van der Waals surface area contributed by atoms with Crippen molar-refractivity contribution >= 4 is 12.0 Å². The van der Waals surface area contributed by atoms with Crippen LogP contribution in [0.4, 0.5) is 0 Å². The molecule has 1 aromatic carbocycles. The highest BCUT2D eigenvalue weighted by atomic mass is 16.6. The van der Waals surface area contributed by atoms with Crippen LogP contribution in [0.3, 0.4) is 0 Å². The third-order valence-electron chi connectivity index (χ3n) is 3.16. The molecule has 19 heavy (non-hydrogen) atoms. The van der Waals surface area contributed by atoms with Crippen LogP contribution in [0.25, 0.3) is 6.08 Å². The second kappa shape index (κ2) is 7.07. The van der Waals surface area contributed by atoms with Gasteiger partial charge in [-0.3, -0.25) is 4.90 Å². The second-order valence-electron chi connectivity index (χ2n) is 4.57. The fourth-order valence-electron chi connectivity index (χ4n) is 2.06. The van der Waals surface area contributed by atoms with E-state index < -0.39 is 0 Å². The summed E-state index contributed by atoms with van der Waals surface area (Å²) < 4.78 is 5.38. The summed E-state index contributed by atoms with van der Waals surface area (Å²) in [5.74, 6) is -0.296. The van der Waals surface area contributed by atoms with Crippen LogP contribution >= 0.6 is 0 Å². The first-order valence-corrected chi connectivity index (χ1v) is 6.64. The van der Waals surface area contributed by atoms with Crippen molar-refractivity contribution in [3.05, 3.63) is 42.0 Å². The molecule has 102 valence electrons. The van der Waals surface area contributed by atoms with Crippen LogP contribution in [0.2, 0.25) is 0 Å². The topological polar surface area (TPSA) is 41.6 Å². The third-order valence-corrected chi connectivity index (χ3v) is 3.16. The first kappa shape index (κ1) is 13.8. The number of nitrogens with zero attached hydrogens (tertiary/aromatic N) is 1. The zero-order valence-corrected chi connectivity index (χ0v) is 11.2. The summed E-state index contributed by atoms with van der Waals surface area (Å²) in [7, 11) is 0. The normalized spacial score (nSPS) is 18.4. The Bertz CT molecular complexity index is 425. The van der Waals surface area contributed by atoms with E-state index in [0.717, 1.165) is 31.7 Å². The van der Waals surface area contributed by atoms with E-state index in [-0.39, 0.29) is 12.2 Å². The third kappa shape index (κ3) is 4.50. The van der Waals surface area contributed by atoms with Crippen molar-refractivity contribution in [3.63, 3.8) is 0 Å². The molecular weight excluding hydrogens is 240 g/mol. The van der Waals surface area contributed by atoms with E-state index in [4.69, 9.17) is 4.74 Å². The van der Waals surface area contributed by atoms with Crippen LogP contribution in [0.5, 0.6) is 0 Å². The average molecular weight is 260 g/mol. The fraction of sp³-hybridized carbons (Fsp3) is 0.400. The molecule has 0 bridgehead atoms. The van der Waals surface area contributed by atoms with Crippen LogP contribution in [-0.4, -0.2) is 43.3 Å². The molecule has 4 nitrogen and oxygen atoms in total. The van der Waals surface area contributed by atoms with Crippen molar-refractivity contribution in [1.82, 2.24) is 10.2 Å². The Hall–Kier alpha value is -1.65. The van der Waals surface area contributed by atoms with Gasteiger partial charge in [0.2, 0.25) is 0 Å². The molecule has 0 amide bonds. The smallest absolute Gasteiger partial charge is 0.332 e. The molecule has 2 rings (SSSR count). The largest absolute Gasteiger partial charge is 0.443 e. The highest BCUT2D eigenvalue weighted by molar-refractivity contribution is 5.87. The van der Waals surface area contributed by atoms with Crippen LogP contribution in [-0.2, 0) is 9.53 Å². The van der Waals surface area contributed by atoms with Crippen LogP contribution < -0.4 is 5.32 Å². The minimum atomic E-state index is -0.296. The van der Waals surface area contributed by atoms with Crippen molar-refractivity contribution in [1.29, 1.82) is 0 Å². The maximum atomic E-state index is 11.7. The predicted octanol–water partition coefficient (Wildman–Crippen LogP) is 1.49. The fourth-order valence-corrected chi connectivity index (χ4v) is 2.06. The Kier molecular flexibility index (Phi) is 5.12. The molecule has 1 heterocycles. The highest BCUT2D eigenvalue weighted by Gasteiger charge is 2.18. The van der Waals surface area contributed by atoms with Crippen molar-refractivity contribution in [2.45, 2.75) is 13.2 Å². The van der Waals surface area contributed by atoms with Gasteiger partial charge in [0.25, 0.3) is 0 Å². The molecule has 0 aromatic heterocycles. The summed E-state index contributed by atoms with van der Waals surface area (Å²) >= 11 is 0. The lowest BCUT2D eigenvalue weighted by Gasteiger charge is -2.31. The molecule has 0 spiro atoms. The van der Waals surface area contributed by atoms with E-state index in [0.29, 0.717) is 0 Å². The zero-order chi connectivity index (χ0) is 13.5. The van der Waals surface area contributed by atoms with Gasteiger partial charge in [-0.25, -0.2) is 4.79 Å². The van der Waals surface area contributed by atoms with E-state index in [1.807, 2.05) is 37.3 Å². The molecule has 0 radical (unpaired) electrons. The molecule has 1 aromatic rings. The Balaban J connectivity index is 1.82. The first-order valence-electron chi connectivity index (χ1n) is 6.64. The highest BCUT2D eigenvalue weighted by Crippen LogP contribution is 2.05. The van der Waals surface area contributed by atoms with E-state index in [2.05, 4.69) is 10.2 Å². The predicted molar refractivity (Wildman–Crippen MR) is 75.5 cm³/mol. The summed E-state index contributed by atoms with van der Waals surface area (Å²) in [4.78, 5) is 13.9. The van der Waals surface area contributed by atoms with Gasteiger partial charge in [-0.1, -0.05) is 30.3 Å². The molecule has 1 N–H and O–H groups in total. The lowest BCUT2D eigenvalue weighted by molar-refractivity contribution is -0.151. The van der Waals surface area contributed by atoms with Crippen molar-refractivity contribution in [2.75, 3.05) is 26.2 Å². The van der Waals surface area contributed by atoms with Crippen LogP contribution in [0, 0.1) is 0 Å². The Morgan fingerprint density at radius 3 is 2.68 bits per heavy atom. The Morgan fingerprint density at radius 1 is 1.32 bits per heavy atom. The molecule has 0 aliphatic carbocycles. The molecule has 1 atom stereocenters. The van der Waals surface area contributed by atoms with Gasteiger partial charge in [0.15, 0.2) is 6.23 Å². The number of esters is 1. The number of benzene rings is 1. The molecular formula is C15H20N2O2. The van der Waals surface area contributed by atoms with Gasteiger partial charge < -0.3 is 10.1 Å². The van der Waals surface area contributed by atoms with Gasteiger partial charge in [-0.15, -0.1) is 0 Å². The molecule has 0 saturated carbocycles. The molecule has 1 unspecified atom stereocenters. The van der Waals surface area contributed by atoms with Gasteiger partial charge in [0.1, 0.15) is 0 Å². The van der Waals surface area contributed by atoms with E-state index in [1.54, 1.807) is 6.08 Å². The Labute approximate surface area is 114 Å². The zero-order valence-electron chi connectivity index (χ0n) is 11.2. The number of hydrogen-bond donors (Lipinski definition) is 1. The molecule has 1 fully saturated rings. The summed E-state index contributed by atoms with van der Waals surface area (Å²) in [6.07, 6.45) is 3.08. The van der Waals surface area contributed by atoms with Gasteiger partial charge in [0.05, 0.1) is 0 Å². The average Bonchev–Trinajstić information content (AvgIpc) is 2.47. The number of piperazine rings is 1. The van der Waals surface area contributed by atoms with Crippen molar-refractivity contribution in [2.24, 2.45) is 0 Å². The minimum absolute atomic E-state index is 0.171.